The SMILES string of the molecule is CCCc1nc(C)n2c1C(NC(=O)c1c[nH]c3ccccc13)N=C(c1ccccc1)c1ccccc1-2. The molecule has 0 spiro atoms. The van der Waals surface area contributed by atoms with Crippen molar-refractivity contribution in [3.05, 3.63) is 119 Å². The number of aromatic nitrogens is 3. The molecular formula is C30H27N5O. The summed E-state index contributed by atoms with van der Waals surface area (Å²) >= 11 is 0. The first-order chi connectivity index (χ1) is 17.7. The van der Waals surface area contributed by atoms with E-state index in [0.29, 0.717) is 5.56 Å². The molecule has 3 heterocycles. The van der Waals surface area contributed by atoms with Gasteiger partial charge in [-0.3, -0.25) is 14.4 Å². The first kappa shape index (κ1) is 22.0. The van der Waals surface area contributed by atoms with Gasteiger partial charge in [0.25, 0.3) is 5.91 Å². The van der Waals surface area contributed by atoms with Gasteiger partial charge in [-0.05, 0) is 25.5 Å². The number of imidazole rings is 1. The zero-order chi connectivity index (χ0) is 24.6. The first-order valence-electron chi connectivity index (χ1n) is 12.3. The molecule has 1 aliphatic heterocycles. The Morgan fingerprint density at radius 1 is 1.00 bits per heavy atom. The number of benzene rings is 3. The number of amides is 1. The molecule has 0 saturated carbocycles. The van der Waals surface area contributed by atoms with E-state index in [2.05, 4.69) is 46.1 Å². The van der Waals surface area contributed by atoms with Crippen LogP contribution in [0.5, 0.6) is 0 Å². The Balaban J connectivity index is 1.55. The summed E-state index contributed by atoms with van der Waals surface area (Å²) in [6.07, 6.45) is 2.92. The number of fused-ring (bicyclic) bond motifs is 4. The molecule has 0 aliphatic carbocycles. The Kier molecular flexibility index (Phi) is 5.49. The van der Waals surface area contributed by atoms with Gasteiger partial charge in [0.15, 0.2) is 6.17 Å². The molecule has 2 aromatic heterocycles. The molecule has 36 heavy (non-hydrogen) atoms. The maximum atomic E-state index is 13.7. The third kappa shape index (κ3) is 3.62. The summed E-state index contributed by atoms with van der Waals surface area (Å²) in [5.74, 6) is 0.712. The molecule has 0 fully saturated rings. The van der Waals surface area contributed by atoms with Gasteiger partial charge in [0.05, 0.1) is 28.4 Å². The first-order valence-corrected chi connectivity index (χ1v) is 12.3. The van der Waals surface area contributed by atoms with Crippen LogP contribution in [0.1, 0.15) is 58.2 Å². The van der Waals surface area contributed by atoms with E-state index >= 15 is 0 Å². The lowest BCUT2D eigenvalue weighted by atomic mass is 10.0. The minimum Gasteiger partial charge on any atom is -0.360 e. The summed E-state index contributed by atoms with van der Waals surface area (Å²) in [5, 5.41) is 4.14. The average Bonchev–Trinajstić information content (AvgIpc) is 3.44. The summed E-state index contributed by atoms with van der Waals surface area (Å²) in [5.41, 5.74) is 7.29. The van der Waals surface area contributed by atoms with Gasteiger partial charge in [0, 0.05) is 28.2 Å². The Hall–Kier alpha value is -4.45. The lowest BCUT2D eigenvalue weighted by Crippen LogP contribution is -2.29. The molecule has 0 radical (unpaired) electrons. The number of rotatable bonds is 5. The maximum Gasteiger partial charge on any atom is 0.255 e. The van der Waals surface area contributed by atoms with Crippen LogP contribution >= 0.6 is 0 Å². The standard InChI is InChI=1S/C30H27N5O/c1-3-11-25-28-29(34-30(36)23-18-31-24-16-9-7-14-21(23)24)33-27(20-12-5-4-6-13-20)22-15-8-10-17-26(22)35(28)19(2)32-25/h4-10,12-18,29,31H,3,11H2,1-2H3,(H,34,36). The van der Waals surface area contributed by atoms with Crippen molar-refractivity contribution in [3.8, 4) is 5.69 Å². The van der Waals surface area contributed by atoms with Gasteiger partial charge in [-0.2, -0.15) is 0 Å². The highest BCUT2D eigenvalue weighted by molar-refractivity contribution is 6.15. The Morgan fingerprint density at radius 2 is 1.75 bits per heavy atom. The quantitative estimate of drug-likeness (QED) is 0.334. The van der Waals surface area contributed by atoms with Crippen molar-refractivity contribution in [1.82, 2.24) is 19.9 Å². The number of nitrogens with zero attached hydrogens (tertiary/aromatic N) is 3. The summed E-state index contributed by atoms with van der Waals surface area (Å²) in [4.78, 5) is 27.0. The summed E-state index contributed by atoms with van der Waals surface area (Å²) in [6.45, 7) is 4.16. The second kappa shape index (κ2) is 8.96. The van der Waals surface area contributed by atoms with Crippen LogP contribution in [-0.4, -0.2) is 26.2 Å². The topological polar surface area (TPSA) is 75.1 Å². The number of aliphatic imine (C=N–C) groups is 1. The minimum atomic E-state index is -0.600. The van der Waals surface area contributed by atoms with Gasteiger partial charge in [0.2, 0.25) is 0 Å². The molecule has 1 atom stereocenters. The molecule has 6 nitrogen and oxygen atoms in total. The highest BCUT2D eigenvalue weighted by Gasteiger charge is 2.31. The van der Waals surface area contributed by atoms with Crippen molar-refractivity contribution < 1.29 is 4.79 Å². The lowest BCUT2D eigenvalue weighted by Gasteiger charge is -2.18. The van der Waals surface area contributed by atoms with Crippen LogP contribution in [0.4, 0.5) is 0 Å². The van der Waals surface area contributed by atoms with Crippen LogP contribution in [0.25, 0.3) is 16.6 Å². The average molecular weight is 474 g/mol. The number of hydrogen-bond acceptors (Lipinski definition) is 3. The second-order valence-electron chi connectivity index (χ2n) is 9.06. The molecule has 0 bridgehead atoms. The molecule has 6 rings (SSSR count). The van der Waals surface area contributed by atoms with Gasteiger partial charge in [-0.1, -0.05) is 80.1 Å². The number of aryl methyl sites for hydroxylation is 2. The summed E-state index contributed by atoms with van der Waals surface area (Å²) < 4.78 is 2.17. The summed E-state index contributed by atoms with van der Waals surface area (Å²) in [6, 6.07) is 26.2. The number of carbonyl (C=O) groups excluding carboxylic acids is 1. The normalized spacial score (nSPS) is 14.6. The van der Waals surface area contributed by atoms with Crippen LogP contribution in [0.15, 0.2) is 90.1 Å². The van der Waals surface area contributed by atoms with E-state index in [-0.39, 0.29) is 5.91 Å². The van der Waals surface area contributed by atoms with Gasteiger partial charge in [0.1, 0.15) is 5.82 Å². The van der Waals surface area contributed by atoms with Crippen LogP contribution in [0, 0.1) is 6.92 Å². The zero-order valence-electron chi connectivity index (χ0n) is 20.3. The fraction of sp³-hybridized carbons (Fsp3) is 0.167. The molecule has 5 aromatic rings. The lowest BCUT2D eigenvalue weighted by molar-refractivity contribution is 0.0938. The van der Waals surface area contributed by atoms with E-state index in [9.17, 15) is 4.79 Å². The fourth-order valence-electron chi connectivity index (χ4n) is 5.13. The maximum absolute atomic E-state index is 13.7. The van der Waals surface area contributed by atoms with E-state index in [1.54, 1.807) is 6.20 Å². The highest BCUT2D eigenvalue weighted by Crippen LogP contribution is 2.34. The Bertz CT molecular complexity index is 1610. The number of hydrogen-bond donors (Lipinski definition) is 2. The molecule has 1 unspecified atom stereocenters. The van der Waals surface area contributed by atoms with E-state index in [4.69, 9.17) is 9.98 Å². The fourth-order valence-corrected chi connectivity index (χ4v) is 5.13. The van der Waals surface area contributed by atoms with Gasteiger partial charge < -0.3 is 10.3 Å². The highest BCUT2D eigenvalue weighted by atomic mass is 16.1. The monoisotopic (exact) mass is 473 g/mol. The molecule has 0 saturated heterocycles. The van der Waals surface area contributed by atoms with Gasteiger partial charge in [-0.25, -0.2) is 4.98 Å². The van der Waals surface area contributed by atoms with E-state index < -0.39 is 6.17 Å². The van der Waals surface area contributed by atoms with E-state index in [1.807, 2.05) is 61.5 Å². The number of nitrogens with one attached hydrogen (secondary N) is 2. The molecular weight excluding hydrogens is 446 g/mol. The smallest absolute Gasteiger partial charge is 0.255 e. The van der Waals surface area contributed by atoms with Crippen molar-refractivity contribution in [1.29, 1.82) is 0 Å². The number of carbonyl (C=O) groups is 1. The van der Waals surface area contributed by atoms with Crippen molar-refractivity contribution in [3.63, 3.8) is 0 Å². The summed E-state index contributed by atoms with van der Waals surface area (Å²) in [7, 11) is 0. The van der Waals surface area contributed by atoms with Gasteiger partial charge >= 0.3 is 0 Å². The predicted octanol–water partition coefficient (Wildman–Crippen LogP) is 5.89. The molecule has 2 N–H and O–H groups in total. The second-order valence-corrected chi connectivity index (χ2v) is 9.06. The van der Waals surface area contributed by atoms with Crippen LogP contribution < -0.4 is 5.32 Å². The van der Waals surface area contributed by atoms with Crippen molar-refractivity contribution >= 4 is 22.5 Å². The third-order valence-corrected chi connectivity index (χ3v) is 6.71. The Labute approximate surface area is 209 Å². The number of aromatic amines is 1. The third-order valence-electron chi connectivity index (χ3n) is 6.71. The number of para-hydroxylation sites is 2. The van der Waals surface area contributed by atoms with Crippen molar-refractivity contribution in [2.24, 2.45) is 4.99 Å². The van der Waals surface area contributed by atoms with Crippen LogP contribution in [0.3, 0.4) is 0 Å². The predicted molar refractivity (Wildman–Crippen MR) is 143 cm³/mol. The molecule has 1 aliphatic rings. The van der Waals surface area contributed by atoms with Crippen LogP contribution in [0.2, 0.25) is 0 Å². The number of H-pyrrole nitrogens is 1. The van der Waals surface area contributed by atoms with Crippen molar-refractivity contribution in [2.45, 2.75) is 32.9 Å². The van der Waals surface area contributed by atoms with E-state index in [1.165, 1.54) is 0 Å². The molecule has 3 aromatic carbocycles. The zero-order valence-corrected chi connectivity index (χ0v) is 20.3. The largest absolute Gasteiger partial charge is 0.360 e. The minimum absolute atomic E-state index is 0.174. The molecule has 6 heteroatoms. The van der Waals surface area contributed by atoms with Crippen LogP contribution in [-0.2, 0) is 6.42 Å². The van der Waals surface area contributed by atoms with Gasteiger partial charge in [-0.15, -0.1) is 0 Å². The molecule has 1 amide bonds. The molecule has 178 valence electrons. The van der Waals surface area contributed by atoms with Crippen molar-refractivity contribution in [2.75, 3.05) is 0 Å². The Morgan fingerprint density at radius 3 is 2.58 bits per heavy atom. The van der Waals surface area contributed by atoms with E-state index in [0.717, 1.165) is 63.5 Å².